The second-order valence-corrected chi connectivity index (χ2v) is 5.70. The molecule has 0 spiro atoms. The molecule has 2 fully saturated rings. The smallest absolute Gasteiger partial charge is 0.138 e. The molecule has 0 radical (unpaired) electrons. The average molecular weight is 223 g/mol. The van der Waals surface area contributed by atoms with Gasteiger partial charge in [0, 0.05) is 31.5 Å². The monoisotopic (exact) mass is 223 g/mol. The van der Waals surface area contributed by atoms with Gasteiger partial charge in [0.2, 0.25) is 0 Å². The maximum Gasteiger partial charge on any atom is 0.138 e. The second-order valence-electron chi connectivity index (χ2n) is 5.70. The van der Waals surface area contributed by atoms with E-state index >= 15 is 0 Å². The van der Waals surface area contributed by atoms with Gasteiger partial charge in [-0.15, -0.1) is 0 Å². The Labute approximate surface area is 99.4 Å². The van der Waals surface area contributed by atoms with Crippen LogP contribution >= 0.6 is 0 Å². The van der Waals surface area contributed by atoms with Gasteiger partial charge in [-0.2, -0.15) is 0 Å². The van der Waals surface area contributed by atoms with Crippen LogP contribution in [0.3, 0.4) is 0 Å². The van der Waals surface area contributed by atoms with Crippen LogP contribution in [0.4, 0.5) is 0 Å². The summed E-state index contributed by atoms with van der Waals surface area (Å²) < 4.78 is 0. The van der Waals surface area contributed by atoms with Crippen LogP contribution in [0.5, 0.6) is 0 Å². The molecule has 2 rings (SSSR count). The zero-order valence-corrected chi connectivity index (χ0v) is 10.7. The summed E-state index contributed by atoms with van der Waals surface area (Å²) in [6.07, 6.45) is 7.66. The van der Waals surface area contributed by atoms with Crippen molar-refractivity contribution >= 4 is 5.78 Å². The van der Waals surface area contributed by atoms with Crippen LogP contribution < -0.4 is 0 Å². The Kier molecular flexibility index (Phi) is 4.01. The van der Waals surface area contributed by atoms with Crippen molar-refractivity contribution in [2.24, 2.45) is 11.8 Å². The highest BCUT2D eigenvalue weighted by Crippen LogP contribution is 2.31. The molecule has 0 bridgehead atoms. The van der Waals surface area contributed by atoms with Gasteiger partial charge in [0.25, 0.3) is 0 Å². The Balaban J connectivity index is 1.83. The zero-order valence-electron chi connectivity index (χ0n) is 10.7. The highest BCUT2D eigenvalue weighted by molar-refractivity contribution is 5.81. The minimum absolute atomic E-state index is 0.276. The summed E-state index contributed by atoms with van der Waals surface area (Å²) in [6, 6.07) is 0.776. The van der Waals surface area contributed by atoms with Crippen molar-refractivity contribution < 1.29 is 4.79 Å². The van der Waals surface area contributed by atoms with Crippen LogP contribution in [-0.2, 0) is 4.79 Å². The lowest BCUT2D eigenvalue weighted by Crippen LogP contribution is -2.46. The van der Waals surface area contributed by atoms with Crippen molar-refractivity contribution in [3.63, 3.8) is 0 Å². The first kappa shape index (κ1) is 12.1. The molecular weight excluding hydrogens is 198 g/mol. The van der Waals surface area contributed by atoms with Gasteiger partial charge in [0.05, 0.1) is 0 Å². The minimum Gasteiger partial charge on any atom is -0.299 e. The molecule has 2 nitrogen and oxygen atoms in total. The van der Waals surface area contributed by atoms with E-state index < -0.39 is 0 Å². The Morgan fingerprint density at radius 3 is 2.50 bits per heavy atom. The number of nitrogens with zero attached hydrogens (tertiary/aromatic N) is 1. The number of hydrogen-bond donors (Lipinski definition) is 0. The first-order chi connectivity index (χ1) is 7.70. The second kappa shape index (κ2) is 5.31. The van der Waals surface area contributed by atoms with Gasteiger partial charge in [-0.05, 0) is 31.6 Å². The Hall–Kier alpha value is -0.370. The number of carbonyl (C=O) groups excluding carboxylic acids is 1. The summed E-state index contributed by atoms with van der Waals surface area (Å²) in [7, 11) is 0. The number of piperidine rings is 1. The third-order valence-corrected chi connectivity index (χ3v) is 4.61. The lowest BCUT2D eigenvalue weighted by Gasteiger charge is -2.40. The van der Waals surface area contributed by atoms with Crippen LogP contribution in [0.25, 0.3) is 0 Å². The van der Waals surface area contributed by atoms with Crippen LogP contribution in [0.15, 0.2) is 0 Å². The predicted molar refractivity (Wildman–Crippen MR) is 66.4 cm³/mol. The topological polar surface area (TPSA) is 20.3 Å². The molecule has 0 amide bonds. The van der Waals surface area contributed by atoms with Crippen LogP contribution in [0, 0.1) is 11.8 Å². The number of ketones is 1. The van der Waals surface area contributed by atoms with Gasteiger partial charge in [-0.3, -0.25) is 9.69 Å². The maximum absolute atomic E-state index is 11.5. The molecule has 92 valence electrons. The lowest BCUT2D eigenvalue weighted by molar-refractivity contribution is -0.126. The fraction of sp³-hybridized carbons (Fsp3) is 0.929. The molecule has 0 aromatic carbocycles. The van der Waals surface area contributed by atoms with Gasteiger partial charge in [0.1, 0.15) is 5.78 Å². The van der Waals surface area contributed by atoms with Gasteiger partial charge in [-0.25, -0.2) is 0 Å². The fourth-order valence-electron chi connectivity index (χ4n) is 3.29. The molecule has 1 saturated carbocycles. The number of Topliss-reactive ketones (excluding diaryl/α,β-unsaturated/α-hetero) is 1. The molecule has 1 unspecified atom stereocenters. The van der Waals surface area contributed by atoms with Crippen molar-refractivity contribution in [3.8, 4) is 0 Å². The number of carbonyl (C=O) groups is 1. The van der Waals surface area contributed by atoms with Crippen LogP contribution in [-0.4, -0.2) is 29.8 Å². The summed E-state index contributed by atoms with van der Waals surface area (Å²) in [4.78, 5) is 14.1. The molecule has 1 aliphatic carbocycles. The Bertz CT molecular complexity index is 243. The molecule has 0 aromatic rings. The standard InChI is InChI=1S/C14H25NO/c1-3-12-4-6-13(7-5-12)15-9-8-14(16)11(2)10-15/h11-13H,3-10H2,1-2H3. The molecule has 16 heavy (non-hydrogen) atoms. The summed E-state index contributed by atoms with van der Waals surface area (Å²) in [5.74, 6) is 1.72. The Morgan fingerprint density at radius 1 is 1.25 bits per heavy atom. The van der Waals surface area contributed by atoms with Crippen molar-refractivity contribution in [2.75, 3.05) is 13.1 Å². The summed E-state index contributed by atoms with van der Waals surface area (Å²) >= 11 is 0. The van der Waals surface area contributed by atoms with E-state index in [4.69, 9.17) is 0 Å². The Morgan fingerprint density at radius 2 is 1.94 bits per heavy atom. The zero-order chi connectivity index (χ0) is 11.5. The SMILES string of the molecule is CCC1CCC(N2CCC(=O)C(C)C2)CC1. The molecule has 1 atom stereocenters. The molecule has 0 N–H and O–H groups in total. The van der Waals surface area contributed by atoms with Gasteiger partial charge >= 0.3 is 0 Å². The van der Waals surface area contributed by atoms with Crippen LogP contribution in [0.1, 0.15) is 52.4 Å². The summed E-state index contributed by atoms with van der Waals surface area (Å²) in [5, 5.41) is 0. The van der Waals surface area contributed by atoms with Crippen molar-refractivity contribution in [1.82, 2.24) is 4.90 Å². The van der Waals surface area contributed by atoms with E-state index in [0.717, 1.165) is 31.5 Å². The average Bonchev–Trinajstić information content (AvgIpc) is 2.33. The quantitative estimate of drug-likeness (QED) is 0.717. The van der Waals surface area contributed by atoms with Gasteiger partial charge in [-0.1, -0.05) is 20.3 Å². The van der Waals surface area contributed by atoms with Gasteiger partial charge in [0.15, 0.2) is 0 Å². The van der Waals surface area contributed by atoms with E-state index in [-0.39, 0.29) is 5.92 Å². The highest BCUT2D eigenvalue weighted by atomic mass is 16.1. The molecule has 1 heterocycles. The first-order valence-corrected chi connectivity index (χ1v) is 6.97. The fourth-order valence-corrected chi connectivity index (χ4v) is 3.29. The number of likely N-dealkylation sites (tertiary alicyclic amines) is 1. The molecule has 1 aliphatic heterocycles. The first-order valence-electron chi connectivity index (χ1n) is 6.97. The molecular formula is C14H25NO. The van der Waals surface area contributed by atoms with E-state index in [0.29, 0.717) is 5.78 Å². The lowest BCUT2D eigenvalue weighted by atomic mass is 9.83. The molecule has 0 aromatic heterocycles. The van der Waals surface area contributed by atoms with E-state index in [1.54, 1.807) is 0 Å². The molecule has 2 heteroatoms. The maximum atomic E-state index is 11.5. The largest absolute Gasteiger partial charge is 0.299 e. The van der Waals surface area contributed by atoms with Gasteiger partial charge < -0.3 is 0 Å². The molecule has 1 saturated heterocycles. The van der Waals surface area contributed by atoms with Crippen molar-refractivity contribution in [3.05, 3.63) is 0 Å². The summed E-state index contributed by atoms with van der Waals surface area (Å²) in [6.45, 7) is 6.43. The minimum atomic E-state index is 0.276. The highest BCUT2D eigenvalue weighted by Gasteiger charge is 2.30. The summed E-state index contributed by atoms with van der Waals surface area (Å²) in [5.41, 5.74) is 0. The number of rotatable bonds is 2. The van der Waals surface area contributed by atoms with Crippen molar-refractivity contribution in [2.45, 2.75) is 58.4 Å². The molecule has 2 aliphatic rings. The number of hydrogen-bond acceptors (Lipinski definition) is 2. The van der Waals surface area contributed by atoms with E-state index in [9.17, 15) is 4.79 Å². The van der Waals surface area contributed by atoms with E-state index in [1.165, 1.54) is 32.1 Å². The predicted octanol–water partition coefficient (Wildman–Crippen LogP) is 2.87. The van der Waals surface area contributed by atoms with Crippen LogP contribution in [0.2, 0.25) is 0 Å². The van der Waals surface area contributed by atoms with E-state index in [2.05, 4.69) is 18.7 Å². The van der Waals surface area contributed by atoms with Crippen molar-refractivity contribution in [1.29, 1.82) is 0 Å². The normalized spacial score (nSPS) is 37.6. The van der Waals surface area contributed by atoms with E-state index in [1.807, 2.05) is 0 Å². The third-order valence-electron chi connectivity index (χ3n) is 4.61. The third kappa shape index (κ3) is 2.65.